The van der Waals surface area contributed by atoms with Gasteiger partial charge in [-0.15, -0.1) is 0 Å². The molecule has 2 rings (SSSR count). The van der Waals surface area contributed by atoms with Gasteiger partial charge in [-0.2, -0.15) is 8.78 Å². The molecule has 88 valence electrons. The van der Waals surface area contributed by atoms with Crippen molar-refractivity contribution < 1.29 is 18.0 Å². The van der Waals surface area contributed by atoms with Crippen molar-refractivity contribution in [2.45, 2.75) is 12.8 Å². The summed E-state index contributed by atoms with van der Waals surface area (Å²) in [6.07, 6.45) is 1.12. The van der Waals surface area contributed by atoms with E-state index < -0.39 is 17.5 Å². The van der Waals surface area contributed by atoms with E-state index in [1.807, 2.05) is 6.92 Å². The normalized spacial score (nSPS) is 11.5. The fourth-order valence-corrected chi connectivity index (χ4v) is 1.46. The molecule has 0 saturated heterocycles. The van der Waals surface area contributed by atoms with E-state index in [1.54, 1.807) is 12.1 Å². The van der Waals surface area contributed by atoms with Crippen LogP contribution in [-0.4, -0.2) is 5.78 Å². The molecule has 4 heteroatoms. The van der Waals surface area contributed by atoms with Gasteiger partial charge >= 0.3 is 5.92 Å². The predicted molar refractivity (Wildman–Crippen MR) is 58.1 cm³/mol. The van der Waals surface area contributed by atoms with Crippen LogP contribution in [0.2, 0.25) is 0 Å². The first-order chi connectivity index (χ1) is 8.01. The lowest BCUT2D eigenvalue weighted by Gasteiger charge is -2.12. The van der Waals surface area contributed by atoms with Gasteiger partial charge in [0.1, 0.15) is 0 Å². The van der Waals surface area contributed by atoms with Gasteiger partial charge in [-0.25, -0.2) is 0 Å². The first kappa shape index (κ1) is 11.5. The first-order valence-corrected chi connectivity index (χ1v) is 5.05. The predicted octanol–water partition coefficient (Wildman–Crippen LogP) is 3.56. The Kier molecular flexibility index (Phi) is 2.79. The van der Waals surface area contributed by atoms with Gasteiger partial charge in [0.25, 0.3) is 0 Å². The lowest BCUT2D eigenvalue weighted by atomic mass is 10.0. The van der Waals surface area contributed by atoms with Gasteiger partial charge in [-0.1, -0.05) is 29.8 Å². The summed E-state index contributed by atoms with van der Waals surface area (Å²) in [4.78, 5) is 11.7. The zero-order valence-electron chi connectivity index (χ0n) is 9.11. The molecule has 0 aliphatic carbocycles. The minimum absolute atomic E-state index is 0.0306. The summed E-state index contributed by atoms with van der Waals surface area (Å²) in [5.74, 6) is -5.52. The van der Waals surface area contributed by atoms with E-state index in [2.05, 4.69) is 4.42 Å². The Morgan fingerprint density at radius 2 is 1.82 bits per heavy atom. The second-order valence-corrected chi connectivity index (χ2v) is 3.75. The minimum atomic E-state index is -3.63. The molecule has 0 atom stereocenters. The van der Waals surface area contributed by atoms with Gasteiger partial charge in [-0.3, -0.25) is 4.79 Å². The van der Waals surface area contributed by atoms with Crippen LogP contribution in [-0.2, 0) is 5.92 Å². The molecular weight excluding hydrogens is 226 g/mol. The number of alkyl halides is 2. The van der Waals surface area contributed by atoms with Crippen LogP contribution in [0.4, 0.5) is 8.78 Å². The summed E-state index contributed by atoms with van der Waals surface area (Å²) < 4.78 is 32.0. The molecule has 2 nitrogen and oxygen atoms in total. The average Bonchev–Trinajstić information content (AvgIpc) is 2.83. The van der Waals surface area contributed by atoms with Gasteiger partial charge in [0.15, 0.2) is 5.76 Å². The molecule has 0 spiro atoms. The highest BCUT2D eigenvalue weighted by Gasteiger charge is 2.44. The first-order valence-electron chi connectivity index (χ1n) is 5.05. The summed E-state index contributed by atoms with van der Waals surface area (Å²) in [6, 6.07) is 8.41. The van der Waals surface area contributed by atoms with E-state index in [0.29, 0.717) is 0 Å². The largest absolute Gasteiger partial charge is 0.462 e. The summed E-state index contributed by atoms with van der Waals surface area (Å²) in [7, 11) is 0. The smallest absolute Gasteiger partial charge is 0.366 e. The van der Waals surface area contributed by atoms with Gasteiger partial charge in [0.05, 0.1) is 6.26 Å². The Hall–Kier alpha value is -1.97. The summed E-state index contributed by atoms with van der Waals surface area (Å²) in [5, 5.41) is 0. The topological polar surface area (TPSA) is 30.2 Å². The average molecular weight is 236 g/mol. The molecule has 0 N–H and O–H groups in total. The molecule has 0 bridgehead atoms. The highest BCUT2D eigenvalue weighted by atomic mass is 19.3. The molecule has 0 amide bonds. The van der Waals surface area contributed by atoms with E-state index in [0.717, 1.165) is 17.9 Å². The highest BCUT2D eigenvalue weighted by molar-refractivity contribution is 6.01. The van der Waals surface area contributed by atoms with Crippen LogP contribution in [0.5, 0.6) is 0 Å². The molecule has 2 aromatic rings. The van der Waals surface area contributed by atoms with E-state index in [-0.39, 0.29) is 5.56 Å². The third kappa shape index (κ3) is 2.11. The van der Waals surface area contributed by atoms with Crippen molar-refractivity contribution in [2.24, 2.45) is 0 Å². The van der Waals surface area contributed by atoms with Crippen LogP contribution in [0, 0.1) is 6.92 Å². The molecule has 0 aliphatic rings. The maximum Gasteiger partial charge on any atom is 0.366 e. The van der Waals surface area contributed by atoms with Gasteiger partial charge in [0, 0.05) is 5.56 Å². The van der Waals surface area contributed by atoms with Crippen LogP contribution in [0.1, 0.15) is 21.7 Å². The molecule has 1 aromatic carbocycles. The Morgan fingerprint density at radius 3 is 2.35 bits per heavy atom. The maximum absolute atomic E-state index is 13.7. The number of rotatable bonds is 3. The van der Waals surface area contributed by atoms with Crippen molar-refractivity contribution in [1.82, 2.24) is 0 Å². The summed E-state index contributed by atoms with van der Waals surface area (Å²) >= 11 is 0. The number of furan rings is 1. The summed E-state index contributed by atoms with van der Waals surface area (Å²) in [5.41, 5.74) is 0.875. The van der Waals surface area contributed by atoms with Crippen LogP contribution < -0.4 is 0 Å². The molecular formula is C13H10F2O2. The quantitative estimate of drug-likeness (QED) is 0.762. The lowest BCUT2D eigenvalue weighted by Crippen LogP contribution is -2.25. The number of aryl methyl sites for hydroxylation is 1. The molecule has 0 aliphatic heterocycles. The third-order valence-corrected chi connectivity index (χ3v) is 2.43. The van der Waals surface area contributed by atoms with Crippen molar-refractivity contribution in [2.75, 3.05) is 0 Å². The number of hydrogen-bond donors (Lipinski definition) is 0. The number of carbonyl (C=O) groups is 1. The number of Topliss-reactive ketones (excluding diaryl/α,β-unsaturated/α-hetero) is 1. The molecule has 1 heterocycles. The zero-order chi connectivity index (χ0) is 12.5. The second-order valence-electron chi connectivity index (χ2n) is 3.75. The Balaban J connectivity index is 2.34. The molecule has 0 unspecified atom stereocenters. The molecule has 17 heavy (non-hydrogen) atoms. The minimum Gasteiger partial charge on any atom is -0.462 e. The Labute approximate surface area is 96.9 Å². The lowest BCUT2D eigenvalue weighted by molar-refractivity contribution is -0.00654. The molecule has 0 fully saturated rings. The SMILES string of the molecule is Cc1ccc(C(=O)C(F)(F)c2ccco2)cc1. The van der Waals surface area contributed by atoms with Crippen molar-refractivity contribution in [3.8, 4) is 0 Å². The number of hydrogen-bond acceptors (Lipinski definition) is 2. The second kappa shape index (κ2) is 4.13. The number of halogens is 2. The molecule has 0 radical (unpaired) electrons. The fourth-order valence-electron chi connectivity index (χ4n) is 1.46. The number of benzene rings is 1. The summed E-state index contributed by atoms with van der Waals surface area (Å²) in [6.45, 7) is 1.82. The number of carbonyl (C=O) groups excluding carboxylic acids is 1. The van der Waals surface area contributed by atoms with Crippen molar-refractivity contribution in [3.63, 3.8) is 0 Å². The standard InChI is InChI=1S/C13H10F2O2/c1-9-4-6-10(7-5-9)12(16)13(14,15)11-3-2-8-17-11/h2-8H,1H3. The monoisotopic (exact) mass is 236 g/mol. The maximum atomic E-state index is 13.7. The van der Waals surface area contributed by atoms with Crippen LogP contribution in [0.3, 0.4) is 0 Å². The Morgan fingerprint density at radius 1 is 1.18 bits per heavy atom. The Bertz CT molecular complexity index is 513. The van der Waals surface area contributed by atoms with Crippen LogP contribution in [0.25, 0.3) is 0 Å². The molecule has 0 saturated carbocycles. The van der Waals surface area contributed by atoms with Crippen molar-refractivity contribution in [3.05, 3.63) is 59.5 Å². The van der Waals surface area contributed by atoms with Crippen molar-refractivity contribution in [1.29, 1.82) is 0 Å². The van der Waals surface area contributed by atoms with Crippen LogP contribution in [0.15, 0.2) is 47.1 Å². The van der Waals surface area contributed by atoms with Gasteiger partial charge < -0.3 is 4.42 Å². The fraction of sp³-hybridized carbons (Fsp3) is 0.154. The highest BCUT2D eigenvalue weighted by Crippen LogP contribution is 2.32. The third-order valence-electron chi connectivity index (χ3n) is 2.43. The van der Waals surface area contributed by atoms with E-state index in [4.69, 9.17) is 0 Å². The molecule has 1 aromatic heterocycles. The van der Waals surface area contributed by atoms with E-state index in [9.17, 15) is 13.6 Å². The van der Waals surface area contributed by atoms with Crippen LogP contribution >= 0.6 is 0 Å². The van der Waals surface area contributed by atoms with Gasteiger partial charge in [-0.05, 0) is 19.1 Å². The van der Waals surface area contributed by atoms with Gasteiger partial charge in [0.2, 0.25) is 5.78 Å². The van der Waals surface area contributed by atoms with E-state index in [1.165, 1.54) is 18.2 Å². The van der Waals surface area contributed by atoms with E-state index >= 15 is 0 Å². The van der Waals surface area contributed by atoms with Crippen molar-refractivity contribution >= 4 is 5.78 Å². The zero-order valence-corrected chi connectivity index (χ0v) is 9.11. The number of ketones is 1.